The molecule has 0 saturated heterocycles. The molecule has 2 heterocycles. The number of rotatable bonds is 4. The SMILES string of the molecule is C=CCNC(=O)c1cc(C)nc(N2c3ccccc3CC2C)n1. The van der Waals surface area contributed by atoms with Crippen LogP contribution in [0.2, 0.25) is 0 Å². The molecular weight excluding hydrogens is 288 g/mol. The Kier molecular flexibility index (Phi) is 4.10. The van der Waals surface area contributed by atoms with Crippen LogP contribution < -0.4 is 10.2 Å². The molecule has 3 rings (SSSR count). The molecule has 5 nitrogen and oxygen atoms in total. The van der Waals surface area contributed by atoms with Crippen molar-refractivity contribution in [3.63, 3.8) is 0 Å². The molecule has 1 aliphatic heterocycles. The van der Waals surface area contributed by atoms with E-state index in [0.29, 0.717) is 18.2 Å². The van der Waals surface area contributed by atoms with Crippen molar-refractivity contribution in [3.05, 3.63) is 59.9 Å². The summed E-state index contributed by atoms with van der Waals surface area (Å²) in [4.78, 5) is 23.3. The van der Waals surface area contributed by atoms with Crippen molar-refractivity contribution in [2.24, 2.45) is 0 Å². The Balaban J connectivity index is 1.99. The van der Waals surface area contributed by atoms with Crippen molar-refractivity contribution < 1.29 is 4.79 Å². The molecule has 0 aliphatic carbocycles. The molecule has 1 amide bonds. The molecule has 1 aromatic carbocycles. The number of aromatic nitrogens is 2. The summed E-state index contributed by atoms with van der Waals surface area (Å²) in [7, 11) is 0. The lowest BCUT2D eigenvalue weighted by atomic mass is 10.1. The van der Waals surface area contributed by atoms with Crippen LogP contribution in [-0.4, -0.2) is 28.5 Å². The van der Waals surface area contributed by atoms with Crippen molar-refractivity contribution in [3.8, 4) is 0 Å². The van der Waals surface area contributed by atoms with Gasteiger partial charge in [-0.3, -0.25) is 4.79 Å². The number of amides is 1. The van der Waals surface area contributed by atoms with Crippen LogP contribution in [0.15, 0.2) is 43.0 Å². The Bertz CT molecular complexity index is 756. The lowest BCUT2D eigenvalue weighted by molar-refractivity contribution is 0.0953. The lowest BCUT2D eigenvalue weighted by Gasteiger charge is -2.23. The van der Waals surface area contributed by atoms with Crippen molar-refractivity contribution in [2.75, 3.05) is 11.4 Å². The molecule has 5 heteroatoms. The maximum atomic E-state index is 12.2. The van der Waals surface area contributed by atoms with Crippen LogP contribution in [-0.2, 0) is 6.42 Å². The van der Waals surface area contributed by atoms with Crippen LogP contribution in [0.25, 0.3) is 0 Å². The van der Waals surface area contributed by atoms with Crippen molar-refractivity contribution in [1.82, 2.24) is 15.3 Å². The Hall–Kier alpha value is -2.69. The minimum atomic E-state index is -0.211. The van der Waals surface area contributed by atoms with E-state index in [-0.39, 0.29) is 11.9 Å². The minimum absolute atomic E-state index is 0.211. The molecule has 0 bridgehead atoms. The second kappa shape index (κ2) is 6.20. The van der Waals surface area contributed by atoms with Gasteiger partial charge in [0.15, 0.2) is 0 Å². The predicted octanol–water partition coefficient (Wildman–Crippen LogP) is 2.78. The van der Waals surface area contributed by atoms with E-state index in [9.17, 15) is 4.79 Å². The Morgan fingerprint density at radius 2 is 2.22 bits per heavy atom. The first-order chi connectivity index (χ1) is 11.1. The van der Waals surface area contributed by atoms with E-state index < -0.39 is 0 Å². The van der Waals surface area contributed by atoms with Crippen LogP contribution in [0.1, 0.15) is 28.7 Å². The summed E-state index contributed by atoms with van der Waals surface area (Å²) in [6, 6.07) is 10.2. The average molecular weight is 308 g/mol. The fourth-order valence-electron chi connectivity index (χ4n) is 2.90. The number of para-hydroxylation sites is 1. The van der Waals surface area contributed by atoms with E-state index >= 15 is 0 Å². The number of anilines is 2. The molecule has 118 valence electrons. The molecule has 1 N–H and O–H groups in total. The van der Waals surface area contributed by atoms with Crippen LogP contribution in [0, 0.1) is 6.92 Å². The molecule has 2 aromatic rings. The number of benzene rings is 1. The lowest BCUT2D eigenvalue weighted by Crippen LogP contribution is -2.29. The first-order valence-electron chi connectivity index (χ1n) is 7.72. The average Bonchev–Trinajstić information content (AvgIpc) is 2.87. The maximum Gasteiger partial charge on any atom is 0.270 e. The van der Waals surface area contributed by atoms with E-state index in [1.807, 2.05) is 19.1 Å². The molecule has 23 heavy (non-hydrogen) atoms. The molecule has 1 aliphatic rings. The van der Waals surface area contributed by atoms with Gasteiger partial charge in [-0.15, -0.1) is 6.58 Å². The highest BCUT2D eigenvalue weighted by Crippen LogP contribution is 2.36. The van der Waals surface area contributed by atoms with Gasteiger partial charge in [-0.25, -0.2) is 9.97 Å². The number of aryl methyl sites for hydroxylation is 1. The van der Waals surface area contributed by atoms with Gasteiger partial charge in [0.25, 0.3) is 5.91 Å². The van der Waals surface area contributed by atoms with Crippen LogP contribution >= 0.6 is 0 Å². The van der Waals surface area contributed by atoms with Crippen molar-refractivity contribution in [1.29, 1.82) is 0 Å². The topological polar surface area (TPSA) is 58.1 Å². The number of fused-ring (bicyclic) bond motifs is 1. The second-order valence-corrected chi connectivity index (χ2v) is 5.75. The Morgan fingerprint density at radius 3 is 3.00 bits per heavy atom. The molecular formula is C18H20N4O. The Labute approximate surface area is 136 Å². The molecule has 1 atom stereocenters. The molecule has 0 spiro atoms. The summed E-state index contributed by atoms with van der Waals surface area (Å²) in [6.07, 6.45) is 2.59. The van der Waals surface area contributed by atoms with Gasteiger partial charge in [-0.05, 0) is 38.0 Å². The first-order valence-corrected chi connectivity index (χ1v) is 7.72. The van der Waals surface area contributed by atoms with E-state index in [0.717, 1.165) is 17.8 Å². The second-order valence-electron chi connectivity index (χ2n) is 5.75. The maximum absolute atomic E-state index is 12.2. The van der Waals surface area contributed by atoms with Gasteiger partial charge in [0, 0.05) is 24.0 Å². The zero-order valence-corrected chi connectivity index (χ0v) is 13.4. The number of hydrogen-bond donors (Lipinski definition) is 1. The summed E-state index contributed by atoms with van der Waals surface area (Å²) in [5.41, 5.74) is 3.55. The molecule has 0 radical (unpaired) electrons. The van der Waals surface area contributed by atoms with Crippen molar-refractivity contribution in [2.45, 2.75) is 26.3 Å². The van der Waals surface area contributed by atoms with E-state index in [4.69, 9.17) is 0 Å². The monoisotopic (exact) mass is 308 g/mol. The van der Waals surface area contributed by atoms with Crippen LogP contribution in [0.5, 0.6) is 0 Å². The number of nitrogens with one attached hydrogen (secondary N) is 1. The fraction of sp³-hybridized carbons (Fsp3) is 0.278. The fourth-order valence-corrected chi connectivity index (χ4v) is 2.90. The van der Waals surface area contributed by atoms with Gasteiger partial charge in [0.2, 0.25) is 5.95 Å². The number of carbonyl (C=O) groups excluding carboxylic acids is 1. The highest BCUT2D eigenvalue weighted by atomic mass is 16.1. The number of carbonyl (C=O) groups is 1. The summed E-state index contributed by atoms with van der Waals surface area (Å²) in [6.45, 7) is 8.04. The van der Waals surface area contributed by atoms with Crippen molar-refractivity contribution >= 4 is 17.5 Å². The zero-order valence-electron chi connectivity index (χ0n) is 13.4. The molecule has 1 unspecified atom stereocenters. The Morgan fingerprint density at radius 1 is 1.43 bits per heavy atom. The van der Waals surface area contributed by atoms with Gasteiger partial charge in [-0.1, -0.05) is 24.3 Å². The van der Waals surface area contributed by atoms with E-state index in [1.54, 1.807) is 12.1 Å². The standard InChI is InChI=1S/C18H20N4O/c1-4-9-19-17(23)15-10-12(2)20-18(21-15)22-13(3)11-14-7-5-6-8-16(14)22/h4-8,10,13H,1,9,11H2,2-3H3,(H,19,23). The quantitative estimate of drug-likeness (QED) is 0.882. The smallest absolute Gasteiger partial charge is 0.270 e. The minimum Gasteiger partial charge on any atom is -0.347 e. The van der Waals surface area contributed by atoms with Crippen LogP contribution in [0.3, 0.4) is 0 Å². The highest BCUT2D eigenvalue weighted by molar-refractivity contribution is 5.92. The first kappa shape index (κ1) is 15.2. The van der Waals surface area contributed by atoms with Crippen LogP contribution in [0.4, 0.5) is 11.6 Å². The van der Waals surface area contributed by atoms with E-state index in [2.05, 4.69) is 45.8 Å². The summed E-state index contributed by atoms with van der Waals surface area (Å²) in [5, 5.41) is 2.76. The predicted molar refractivity (Wildman–Crippen MR) is 91.0 cm³/mol. The van der Waals surface area contributed by atoms with Gasteiger partial charge in [0.05, 0.1) is 0 Å². The molecule has 0 saturated carbocycles. The van der Waals surface area contributed by atoms with Gasteiger partial charge < -0.3 is 10.2 Å². The number of nitrogens with zero attached hydrogens (tertiary/aromatic N) is 3. The molecule has 0 fully saturated rings. The normalized spacial score (nSPS) is 16.1. The summed E-state index contributed by atoms with van der Waals surface area (Å²) in [5.74, 6) is 0.364. The van der Waals surface area contributed by atoms with Gasteiger partial charge >= 0.3 is 0 Å². The zero-order chi connectivity index (χ0) is 16.4. The number of hydrogen-bond acceptors (Lipinski definition) is 4. The molecule has 1 aromatic heterocycles. The third kappa shape index (κ3) is 2.95. The summed E-state index contributed by atoms with van der Waals surface area (Å²) < 4.78 is 0. The largest absolute Gasteiger partial charge is 0.347 e. The highest BCUT2D eigenvalue weighted by Gasteiger charge is 2.29. The van der Waals surface area contributed by atoms with Gasteiger partial charge in [-0.2, -0.15) is 0 Å². The third-order valence-electron chi connectivity index (χ3n) is 3.90. The van der Waals surface area contributed by atoms with Gasteiger partial charge in [0.1, 0.15) is 5.69 Å². The summed E-state index contributed by atoms with van der Waals surface area (Å²) >= 11 is 0. The third-order valence-corrected chi connectivity index (χ3v) is 3.90. The van der Waals surface area contributed by atoms with E-state index in [1.165, 1.54) is 5.56 Å².